The lowest BCUT2D eigenvalue weighted by molar-refractivity contribution is 0.360. The Kier molecular flexibility index (Phi) is 5.14. The molecule has 2 fully saturated rings. The van der Waals surface area contributed by atoms with Crippen LogP contribution >= 0.6 is 11.3 Å². The third kappa shape index (κ3) is 4.18. The molecule has 2 heterocycles. The number of aromatic nitrogens is 1. The Morgan fingerprint density at radius 3 is 2.86 bits per heavy atom. The molecule has 0 spiro atoms. The van der Waals surface area contributed by atoms with Crippen LogP contribution in [0.2, 0.25) is 0 Å². The van der Waals surface area contributed by atoms with E-state index >= 15 is 0 Å². The molecule has 2 aliphatic rings. The van der Waals surface area contributed by atoms with Gasteiger partial charge in [-0.1, -0.05) is 13.3 Å². The van der Waals surface area contributed by atoms with E-state index in [1.54, 1.807) is 0 Å². The normalized spacial score (nSPS) is 20.8. The number of nitrogens with zero attached hydrogens (tertiary/aromatic N) is 3. The molecule has 1 saturated carbocycles. The van der Waals surface area contributed by atoms with Crippen LogP contribution in [0.1, 0.15) is 43.2 Å². The van der Waals surface area contributed by atoms with Gasteiger partial charge in [0.25, 0.3) is 0 Å². The van der Waals surface area contributed by atoms with E-state index < -0.39 is 0 Å². The summed E-state index contributed by atoms with van der Waals surface area (Å²) in [5.74, 6) is 0. The molecule has 1 N–H and O–H groups in total. The lowest BCUT2D eigenvalue weighted by atomic mass is 10.2. The highest BCUT2D eigenvalue weighted by Crippen LogP contribution is 2.29. The third-order valence-corrected chi connectivity index (χ3v) is 5.53. The number of nitrogens with one attached hydrogen (secondary N) is 1. The molecule has 0 bridgehead atoms. The first-order valence-electron chi connectivity index (χ1n) is 8.41. The minimum absolute atomic E-state index is 0.775. The van der Waals surface area contributed by atoms with Gasteiger partial charge in [-0.05, 0) is 39.3 Å². The van der Waals surface area contributed by atoms with Crippen LogP contribution in [0.5, 0.6) is 0 Å². The molecule has 0 atom stereocenters. The average Bonchev–Trinajstić information content (AvgIpc) is 3.25. The quantitative estimate of drug-likeness (QED) is 0.875. The van der Waals surface area contributed by atoms with Crippen molar-refractivity contribution in [3.05, 3.63) is 10.6 Å². The topological polar surface area (TPSA) is 31.4 Å². The van der Waals surface area contributed by atoms with E-state index in [1.807, 2.05) is 11.3 Å². The van der Waals surface area contributed by atoms with E-state index in [0.717, 1.165) is 38.6 Å². The Hall–Kier alpha value is -0.650. The predicted molar refractivity (Wildman–Crippen MR) is 90.3 cm³/mol. The highest BCUT2D eigenvalue weighted by atomic mass is 32.1. The number of anilines is 1. The van der Waals surface area contributed by atoms with Gasteiger partial charge in [-0.15, -0.1) is 11.3 Å². The maximum Gasteiger partial charge on any atom is 0.185 e. The van der Waals surface area contributed by atoms with Crippen molar-refractivity contribution < 1.29 is 0 Å². The molecular weight excluding hydrogens is 280 g/mol. The minimum Gasteiger partial charge on any atom is -0.347 e. The maximum atomic E-state index is 4.97. The van der Waals surface area contributed by atoms with Crippen molar-refractivity contribution >= 4 is 16.5 Å². The molecule has 0 amide bonds. The zero-order valence-corrected chi connectivity index (χ0v) is 14.2. The van der Waals surface area contributed by atoms with E-state index in [9.17, 15) is 0 Å². The standard InChI is InChI=1S/C16H28N4S/c1-3-5-14-15(12-17-13-6-7-13)21-16(18-14)20-9-4-8-19(2)10-11-20/h13,17H,3-12H2,1-2H3. The van der Waals surface area contributed by atoms with Gasteiger partial charge in [0.1, 0.15) is 0 Å². The summed E-state index contributed by atoms with van der Waals surface area (Å²) < 4.78 is 0. The van der Waals surface area contributed by atoms with Crippen LogP contribution in [0, 0.1) is 0 Å². The second-order valence-corrected chi connectivity index (χ2v) is 7.48. The largest absolute Gasteiger partial charge is 0.347 e. The van der Waals surface area contributed by atoms with E-state index in [1.165, 1.54) is 47.9 Å². The Bertz CT molecular complexity index is 455. The first-order chi connectivity index (χ1) is 10.3. The fourth-order valence-corrected chi connectivity index (χ4v) is 3.95. The molecule has 21 heavy (non-hydrogen) atoms. The van der Waals surface area contributed by atoms with Crippen LogP contribution in [-0.2, 0) is 13.0 Å². The molecule has 4 nitrogen and oxygen atoms in total. The minimum atomic E-state index is 0.775. The SMILES string of the molecule is CCCc1nc(N2CCCN(C)CC2)sc1CNC1CC1. The van der Waals surface area contributed by atoms with E-state index in [0.29, 0.717) is 0 Å². The van der Waals surface area contributed by atoms with Crippen LogP contribution < -0.4 is 10.2 Å². The van der Waals surface area contributed by atoms with E-state index in [-0.39, 0.29) is 0 Å². The number of hydrogen-bond acceptors (Lipinski definition) is 5. The lowest BCUT2D eigenvalue weighted by Gasteiger charge is -2.19. The van der Waals surface area contributed by atoms with Crippen molar-refractivity contribution in [1.29, 1.82) is 0 Å². The Labute approximate surface area is 132 Å². The number of rotatable bonds is 6. The second-order valence-electron chi connectivity index (χ2n) is 6.42. The summed E-state index contributed by atoms with van der Waals surface area (Å²) in [5.41, 5.74) is 1.34. The summed E-state index contributed by atoms with van der Waals surface area (Å²) in [6, 6.07) is 0.775. The van der Waals surface area contributed by atoms with Crippen LogP contribution in [0.15, 0.2) is 0 Å². The Morgan fingerprint density at radius 1 is 1.24 bits per heavy atom. The van der Waals surface area contributed by atoms with Crippen LogP contribution in [-0.4, -0.2) is 49.2 Å². The van der Waals surface area contributed by atoms with Gasteiger partial charge in [-0.3, -0.25) is 0 Å². The number of thiazole rings is 1. The summed E-state index contributed by atoms with van der Waals surface area (Å²) in [6.07, 6.45) is 6.25. The maximum absolute atomic E-state index is 4.97. The van der Waals surface area contributed by atoms with Crippen molar-refractivity contribution in [2.75, 3.05) is 38.1 Å². The lowest BCUT2D eigenvalue weighted by Crippen LogP contribution is -2.28. The molecule has 1 aromatic heterocycles. The molecule has 0 unspecified atom stereocenters. The van der Waals surface area contributed by atoms with Gasteiger partial charge in [0.15, 0.2) is 5.13 Å². The Balaban J connectivity index is 1.69. The fraction of sp³-hybridized carbons (Fsp3) is 0.812. The van der Waals surface area contributed by atoms with Crippen molar-refractivity contribution in [1.82, 2.24) is 15.2 Å². The molecule has 1 aromatic rings. The molecule has 1 aliphatic carbocycles. The monoisotopic (exact) mass is 308 g/mol. The highest BCUT2D eigenvalue weighted by molar-refractivity contribution is 7.15. The van der Waals surface area contributed by atoms with E-state index in [4.69, 9.17) is 4.98 Å². The molecule has 1 saturated heterocycles. The Morgan fingerprint density at radius 2 is 2.10 bits per heavy atom. The molecular formula is C16H28N4S. The predicted octanol–water partition coefficient (Wildman–Crippen LogP) is 2.49. The molecule has 118 valence electrons. The third-order valence-electron chi connectivity index (χ3n) is 4.37. The van der Waals surface area contributed by atoms with Crippen LogP contribution in [0.4, 0.5) is 5.13 Å². The van der Waals surface area contributed by atoms with Gasteiger partial charge in [-0.2, -0.15) is 0 Å². The van der Waals surface area contributed by atoms with Gasteiger partial charge >= 0.3 is 0 Å². The first-order valence-corrected chi connectivity index (χ1v) is 9.23. The molecule has 3 rings (SSSR count). The van der Waals surface area contributed by atoms with Gasteiger partial charge in [0.2, 0.25) is 0 Å². The summed E-state index contributed by atoms with van der Waals surface area (Å²) in [4.78, 5) is 11.4. The number of hydrogen-bond donors (Lipinski definition) is 1. The molecule has 5 heteroatoms. The summed E-state index contributed by atoms with van der Waals surface area (Å²) in [5, 5.41) is 4.90. The van der Waals surface area contributed by atoms with Gasteiger partial charge in [-0.25, -0.2) is 4.98 Å². The van der Waals surface area contributed by atoms with Gasteiger partial charge in [0, 0.05) is 37.1 Å². The highest BCUT2D eigenvalue weighted by Gasteiger charge is 2.22. The van der Waals surface area contributed by atoms with Crippen molar-refractivity contribution in [3.8, 4) is 0 Å². The van der Waals surface area contributed by atoms with Crippen molar-refractivity contribution in [2.24, 2.45) is 0 Å². The number of likely N-dealkylation sites (N-methyl/N-ethyl adjacent to an activating group) is 1. The van der Waals surface area contributed by atoms with Crippen molar-refractivity contribution in [2.45, 2.75) is 51.6 Å². The van der Waals surface area contributed by atoms with E-state index in [2.05, 4.69) is 29.1 Å². The summed E-state index contributed by atoms with van der Waals surface area (Å²) >= 11 is 1.92. The average molecular weight is 308 g/mol. The fourth-order valence-electron chi connectivity index (χ4n) is 2.84. The summed E-state index contributed by atoms with van der Waals surface area (Å²) in [7, 11) is 2.22. The second kappa shape index (κ2) is 7.07. The zero-order valence-electron chi connectivity index (χ0n) is 13.4. The molecule has 0 radical (unpaired) electrons. The number of aryl methyl sites for hydroxylation is 1. The van der Waals surface area contributed by atoms with Crippen LogP contribution in [0.25, 0.3) is 0 Å². The van der Waals surface area contributed by atoms with Crippen molar-refractivity contribution in [3.63, 3.8) is 0 Å². The molecule has 1 aliphatic heterocycles. The van der Waals surface area contributed by atoms with Gasteiger partial charge < -0.3 is 15.1 Å². The zero-order chi connectivity index (χ0) is 14.7. The first kappa shape index (κ1) is 15.3. The smallest absolute Gasteiger partial charge is 0.185 e. The van der Waals surface area contributed by atoms with Gasteiger partial charge in [0.05, 0.1) is 5.69 Å². The summed E-state index contributed by atoms with van der Waals surface area (Å²) in [6.45, 7) is 7.89. The van der Waals surface area contributed by atoms with Crippen LogP contribution in [0.3, 0.4) is 0 Å². The molecule has 0 aromatic carbocycles.